The largest absolute Gasteiger partial charge is 0.497 e. The van der Waals surface area contributed by atoms with Gasteiger partial charge in [0.25, 0.3) is 5.91 Å². The van der Waals surface area contributed by atoms with E-state index in [4.69, 9.17) is 9.26 Å². The maximum Gasteiger partial charge on any atom is 0.265 e. The number of benzene rings is 2. The summed E-state index contributed by atoms with van der Waals surface area (Å²) in [5.74, 6) is 0.851. The summed E-state index contributed by atoms with van der Waals surface area (Å²) < 4.78 is 10.8. The Bertz CT molecular complexity index is 1220. The summed E-state index contributed by atoms with van der Waals surface area (Å²) in [6, 6.07) is 13.9. The quantitative estimate of drug-likeness (QED) is 0.483. The molecule has 0 unspecified atom stereocenters. The Hall–Kier alpha value is -3.23. The lowest BCUT2D eigenvalue weighted by molar-refractivity contribution is 0.0668. The number of hydrogen-bond donors (Lipinski definition) is 0. The van der Waals surface area contributed by atoms with Crippen molar-refractivity contribution in [1.29, 1.82) is 0 Å². The average Bonchev–Trinajstić information content (AvgIpc) is 3.46. The van der Waals surface area contributed by atoms with Crippen LogP contribution in [0.5, 0.6) is 5.75 Å². The lowest BCUT2D eigenvalue weighted by Gasteiger charge is -2.31. The highest BCUT2D eigenvalue weighted by Gasteiger charge is 2.23. The number of fused-ring (bicyclic) bond motifs is 1. The van der Waals surface area contributed by atoms with Crippen LogP contribution >= 0.6 is 11.3 Å². The van der Waals surface area contributed by atoms with Crippen molar-refractivity contribution in [1.82, 2.24) is 19.9 Å². The number of nitrogens with zero attached hydrogens (tertiary/aromatic N) is 4. The molecule has 1 aliphatic rings. The molecular formula is C23H22N4O3S. The van der Waals surface area contributed by atoms with Gasteiger partial charge in [-0.05, 0) is 42.4 Å². The third-order valence-electron chi connectivity index (χ3n) is 5.60. The molecule has 2 aromatic heterocycles. The summed E-state index contributed by atoms with van der Waals surface area (Å²) in [5.41, 5.74) is 3.45. The summed E-state index contributed by atoms with van der Waals surface area (Å²) in [6.45, 7) is 3.26. The summed E-state index contributed by atoms with van der Waals surface area (Å²) in [4.78, 5) is 22.0. The molecule has 4 aromatic rings. The van der Waals surface area contributed by atoms with Gasteiger partial charge in [0.15, 0.2) is 5.58 Å². The third kappa shape index (κ3) is 3.80. The van der Waals surface area contributed by atoms with Gasteiger partial charge in [-0.2, -0.15) is 0 Å². The van der Waals surface area contributed by atoms with Gasteiger partial charge in [0, 0.05) is 26.2 Å². The van der Waals surface area contributed by atoms with Crippen LogP contribution in [0.25, 0.3) is 32.8 Å². The Morgan fingerprint density at radius 3 is 2.55 bits per heavy atom. The van der Waals surface area contributed by atoms with Crippen molar-refractivity contribution < 1.29 is 14.1 Å². The molecule has 0 bridgehead atoms. The second-order valence-corrected chi connectivity index (χ2v) is 8.63. The number of amides is 1. The minimum Gasteiger partial charge on any atom is -0.497 e. The van der Waals surface area contributed by atoms with E-state index in [0.29, 0.717) is 21.2 Å². The molecule has 1 amide bonds. The van der Waals surface area contributed by atoms with Crippen LogP contribution in [0.1, 0.15) is 9.67 Å². The van der Waals surface area contributed by atoms with E-state index in [1.54, 1.807) is 13.3 Å². The Morgan fingerprint density at radius 2 is 1.81 bits per heavy atom. The van der Waals surface area contributed by atoms with Gasteiger partial charge < -0.3 is 19.1 Å². The van der Waals surface area contributed by atoms with Crippen LogP contribution < -0.4 is 4.74 Å². The standard InChI is InChI=1S/C23H22N4O3S/c1-26-9-11-27(12-10-26)23(28)20-14-24-22(31-20)21-18-8-5-16(13-19(18)30-25-21)15-3-6-17(29-2)7-4-15/h3-8,13-14H,9-12H2,1-2H3. The number of carbonyl (C=O) groups is 1. The second kappa shape index (κ2) is 8.13. The van der Waals surface area contributed by atoms with Crippen LogP contribution in [0, 0.1) is 0 Å². The molecule has 0 N–H and O–H groups in total. The van der Waals surface area contributed by atoms with E-state index in [0.717, 1.165) is 48.4 Å². The molecule has 1 aliphatic heterocycles. The van der Waals surface area contributed by atoms with Gasteiger partial charge in [0.05, 0.1) is 18.7 Å². The second-order valence-electron chi connectivity index (χ2n) is 7.60. The van der Waals surface area contributed by atoms with Gasteiger partial charge >= 0.3 is 0 Å². The number of hydrogen-bond acceptors (Lipinski definition) is 7. The van der Waals surface area contributed by atoms with Crippen LogP contribution in [0.3, 0.4) is 0 Å². The van der Waals surface area contributed by atoms with E-state index in [9.17, 15) is 4.79 Å². The highest BCUT2D eigenvalue weighted by molar-refractivity contribution is 7.17. The zero-order valence-corrected chi connectivity index (χ0v) is 18.2. The fourth-order valence-corrected chi connectivity index (χ4v) is 4.58. The molecule has 0 radical (unpaired) electrons. The van der Waals surface area contributed by atoms with Crippen LogP contribution in [0.4, 0.5) is 0 Å². The SMILES string of the molecule is COc1ccc(-c2ccc3c(-c4ncc(C(=O)N5CCN(C)CC5)s4)noc3c2)cc1. The first-order chi connectivity index (χ1) is 15.1. The van der Waals surface area contributed by atoms with Gasteiger partial charge in [-0.15, -0.1) is 11.3 Å². The van der Waals surface area contributed by atoms with E-state index in [2.05, 4.69) is 22.1 Å². The van der Waals surface area contributed by atoms with Crippen LogP contribution in [0.2, 0.25) is 0 Å². The molecule has 0 atom stereocenters. The molecule has 0 saturated carbocycles. The maximum absolute atomic E-state index is 12.8. The topological polar surface area (TPSA) is 71.7 Å². The Kier molecular flexibility index (Phi) is 5.17. The van der Waals surface area contributed by atoms with E-state index in [1.807, 2.05) is 47.4 Å². The minimum absolute atomic E-state index is 0.0337. The predicted octanol–water partition coefficient (Wildman–Crippen LogP) is 4.01. The van der Waals surface area contributed by atoms with Gasteiger partial charge in [0.2, 0.25) is 0 Å². The average molecular weight is 435 g/mol. The fraction of sp³-hybridized carbons (Fsp3) is 0.261. The minimum atomic E-state index is 0.0337. The summed E-state index contributed by atoms with van der Waals surface area (Å²) in [7, 11) is 3.72. The first-order valence-electron chi connectivity index (χ1n) is 10.1. The highest BCUT2D eigenvalue weighted by Crippen LogP contribution is 2.34. The van der Waals surface area contributed by atoms with E-state index in [-0.39, 0.29) is 5.91 Å². The molecule has 31 heavy (non-hydrogen) atoms. The summed E-state index contributed by atoms with van der Waals surface area (Å²) in [6.07, 6.45) is 1.65. The molecule has 0 spiro atoms. The molecule has 158 valence electrons. The molecule has 1 fully saturated rings. The molecule has 2 aromatic carbocycles. The summed E-state index contributed by atoms with van der Waals surface area (Å²) in [5, 5.41) is 5.81. The molecule has 0 aliphatic carbocycles. The molecule has 3 heterocycles. The van der Waals surface area contributed by atoms with Crippen LogP contribution in [-0.4, -0.2) is 66.2 Å². The highest BCUT2D eigenvalue weighted by atomic mass is 32.1. The Labute approximate surface area is 183 Å². The zero-order chi connectivity index (χ0) is 21.4. The zero-order valence-electron chi connectivity index (χ0n) is 17.4. The lowest BCUT2D eigenvalue weighted by atomic mass is 10.0. The normalized spacial score (nSPS) is 14.8. The summed E-state index contributed by atoms with van der Waals surface area (Å²) >= 11 is 1.36. The van der Waals surface area contributed by atoms with E-state index < -0.39 is 0 Å². The van der Waals surface area contributed by atoms with Crippen molar-refractivity contribution in [2.75, 3.05) is 40.3 Å². The number of rotatable bonds is 4. The van der Waals surface area contributed by atoms with Gasteiger partial charge in [-0.3, -0.25) is 4.79 Å². The number of aromatic nitrogens is 2. The number of thiazole rings is 1. The van der Waals surface area contributed by atoms with E-state index >= 15 is 0 Å². The van der Waals surface area contributed by atoms with Crippen molar-refractivity contribution in [3.8, 4) is 27.6 Å². The number of methoxy groups -OCH3 is 1. The fourth-order valence-electron chi connectivity index (χ4n) is 3.70. The van der Waals surface area contributed by atoms with Crippen LogP contribution in [0.15, 0.2) is 53.2 Å². The molecular weight excluding hydrogens is 412 g/mol. The van der Waals surface area contributed by atoms with Gasteiger partial charge in [-0.25, -0.2) is 4.98 Å². The number of carbonyl (C=O) groups excluding carboxylic acids is 1. The third-order valence-corrected chi connectivity index (χ3v) is 6.60. The van der Waals surface area contributed by atoms with E-state index in [1.165, 1.54) is 11.3 Å². The lowest BCUT2D eigenvalue weighted by Crippen LogP contribution is -2.46. The number of piperazine rings is 1. The molecule has 5 rings (SSSR count). The molecule has 8 heteroatoms. The van der Waals surface area contributed by atoms with Crippen molar-refractivity contribution in [3.05, 3.63) is 53.5 Å². The van der Waals surface area contributed by atoms with Crippen LogP contribution in [-0.2, 0) is 0 Å². The first kappa shape index (κ1) is 19.7. The predicted molar refractivity (Wildman–Crippen MR) is 121 cm³/mol. The van der Waals surface area contributed by atoms with Crippen molar-refractivity contribution in [2.45, 2.75) is 0 Å². The van der Waals surface area contributed by atoms with Gasteiger partial charge in [-0.1, -0.05) is 23.4 Å². The maximum atomic E-state index is 12.8. The van der Waals surface area contributed by atoms with Crippen molar-refractivity contribution in [2.24, 2.45) is 0 Å². The van der Waals surface area contributed by atoms with Gasteiger partial charge in [0.1, 0.15) is 21.3 Å². The molecule has 7 nitrogen and oxygen atoms in total. The Balaban J connectivity index is 1.40. The number of ether oxygens (including phenoxy) is 1. The molecule has 1 saturated heterocycles. The smallest absolute Gasteiger partial charge is 0.265 e. The Morgan fingerprint density at radius 1 is 1.06 bits per heavy atom. The monoisotopic (exact) mass is 434 g/mol. The number of likely N-dealkylation sites (N-methyl/N-ethyl adjacent to an activating group) is 1. The first-order valence-corrected chi connectivity index (χ1v) is 10.9. The van der Waals surface area contributed by atoms with Crippen molar-refractivity contribution >= 4 is 28.2 Å². The van der Waals surface area contributed by atoms with Crippen molar-refractivity contribution in [3.63, 3.8) is 0 Å².